The van der Waals surface area contributed by atoms with E-state index in [2.05, 4.69) is 21.2 Å². The average molecular weight is 411 g/mol. The molecule has 132 valence electrons. The summed E-state index contributed by atoms with van der Waals surface area (Å²) in [5.41, 5.74) is 2.29. The third kappa shape index (κ3) is 3.94. The molecule has 4 nitrogen and oxygen atoms in total. The van der Waals surface area contributed by atoms with Crippen LogP contribution in [0.4, 0.5) is 5.69 Å². The highest BCUT2D eigenvalue weighted by Crippen LogP contribution is 2.21. The van der Waals surface area contributed by atoms with Gasteiger partial charge in [-0.05, 0) is 47.5 Å². The highest BCUT2D eigenvalue weighted by Gasteiger charge is 2.17. The first kappa shape index (κ1) is 18.1. The number of nitrogens with one attached hydrogen (secondary N) is 1. The normalized spacial score (nSPS) is 10.6. The van der Waals surface area contributed by atoms with E-state index in [1.54, 1.807) is 13.1 Å². The first-order chi connectivity index (χ1) is 12.5. The third-order valence-corrected chi connectivity index (χ3v) is 4.70. The van der Waals surface area contributed by atoms with Gasteiger partial charge in [0.25, 0.3) is 5.91 Å². The van der Waals surface area contributed by atoms with Crippen molar-refractivity contribution in [3.8, 4) is 0 Å². The summed E-state index contributed by atoms with van der Waals surface area (Å²) in [6.07, 6.45) is 0. The van der Waals surface area contributed by atoms with E-state index in [1.165, 1.54) is 4.90 Å². The molecule has 0 unspecified atom stereocenters. The van der Waals surface area contributed by atoms with Crippen molar-refractivity contribution in [3.05, 3.63) is 76.3 Å². The molecule has 0 spiro atoms. The number of likely N-dealkylation sites (N-methyl/N-ethyl adjacent to an activating group) is 1. The van der Waals surface area contributed by atoms with Crippen LogP contribution in [0.1, 0.15) is 15.9 Å². The average Bonchev–Trinajstić information content (AvgIpc) is 2.63. The summed E-state index contributed by atoms with van der Waals surface area (Å²) < 4.78 is 0.955. The highest BCUT2D eigenvalue weighted by molar-refractivity contribution is 9.10. The molecule has 0 aliphatic heterocycles. The van der Waals surface area contributed by atoms with E-state index in [4.69, 9.17) is 0 Å². The zero-order valence-corrected chi connectivity index (χ0v) is 16.2. The summed E-state index contributed by atoms with van der Waals surface area (Å²) in [7, 11) is 1.64. The molecule has 1 N–H and O–H groups in total. The fourth-order valence-corrected chi connectivity index (χ4v) is 3.34. The summed E-state index contributed by atoms with van der Waals surface area (Å²) in [5, 5.41) is 4.74. The van der Waals surface area contributed by atoms with Gasteiger partial charge in [0.2, 0.25) is 5.91 Å². The quantitative estimate of drug-likeness (QED) is 0.681. The van der Waals surface area contributed by atoms with Gasteiger partial charge in [-0.15, -0.1) is 0 Å². The number of benzene rings is 3. The van der Waals surface area contributed by atoms with Crippen LogP contribution in [0, 0.1) is 6.92 Å². The summed E-state index contributed by atoms with van der Waals surface area (Å²) >= 11 is 3.40. The van der Waals surface area contributed by atoms with E-state index in [1.807, 2.05) is 61.5 Å². The number of anilines is 1. The summed E-state index contributed by atoms with van der Waals surface area (Å²) in [6, 6.07) is 19.0. The molecule has 2 amide bonds. The molecular weight excluding hydrogens is 392 g/mol. The van der Waals surface area contributed by atoms with Crippen molar-refractivity contribution in [1.29, 1.82) is 0 Å². The van der Waals surface area contributed by atoms with Crippen molar-refractivity contribution in [3.63, 3.8) is 0 Å². The molecule has 3 rings (SSSR count). The SMILES string of the molecule is Cc1cc(Br)ccc1NC(=O)CN(C)C(=O)c1cccc2ccccc12. The first-order valence-electron chi connectivity index (χ1n) is 8.25. The van der Waals surface area contributed by atoms with Crippen LogP contribution in [0.2, 0.25) is 0 Å². The van der Waals surface area contributed by atoms with E-state index in [-0.39, 0.29) is 18.4 Å². The molecule has 0 aromatic heterocycles. The standard InChI is InChI=1S/C21H19BrN2O2/c1-14-12-16(22)10-11-19(14)23-20(25)13-24(2)21(26)18-9-5-7-15-6-3-4-8-17(15)18/h3-12H,13H2,1-2H3,(H,23,25). The second-order valence-electron chi connectivity index (χ2n) is 6.20. The molecular formula is C21H19BrN2O2. The minimum absolute atomic E-state index is 0.0163. The second-order valence-corrected chi connectivity index (χ2v) is 7.11. The largest absolute Gasteiger partial charge is 0.332 e. The van der Waals surface area contributed by atoms with Gasteiger partial charge in [-0.2, -0.15) is 0 Å². The number of halogens is 1. The van der Waals surface area contributed by atoms with Crippen LogP contribution < -0.4 is 5.32 Å². The lowest BCUT2D eigenvalue weighted by molar-refractivity contribution is -0.116. The Morgan fingerprint density at radius 2 is 1.77 bits per heavy atom. The van der Waals surface area contributed by atoms with Crippen molar-refractivity contribution in [2.45, 2.75) is 6.92 Å². The van der Waals surface area contributed by atoms with E-state index in [9.17, 15) is 9.59 Å². The zero-order valence-electron chi connectivity index (χ0n) is 14.6. The predicted molar refractivity (Wildman–Crippen MR) is 108 cm³/mol. The van der Waals surface area contributed by atoms with Gasteiger partial charge in [0.15, 0.2) is 0 Å². The Morgan fingerprint density at radius 3 is 2.54 bits per heavy atom. The fourth-order valence-electron chi connectivity index (χ4n) is 2.86. The van der Waals surface area contributed by atoms with Crippen LogP contribution >= 0.6 is 15.9 Å². The second kappa shape index (κ2) is 7.70. The van der Waals surface area contributed by atoms with Gasteiger partial charge in [-0.1, -0.05) is 52.3 Å². The van der Waals surface area contributed by atoms with Gasteiger partial charge in [-0.25, -0.2) is 0 Å². The minimum Gasteiger partial charge on any atom is -0.332 e. The van der Waals surface area contributed by atoms with Crippen LogP contribution in [0.15, 0.2) is 65.1 Å². The summed E-state index contributed by atoms with van der Waals surface area (Å²) in [4.78, 5) is 26.6. The van der Waals surface area contributed by atoms with E-state index in [0.717, 1.165) is 26.5 Å². The van der Waals surface area contributed by atoms with Crippen molar-refractivity contribution in [2.75, 3.05) is 18.9 Å². The number of hydrogen-bond donors (Lipinski definition) is 1. The molecule has 3 aromatic rings. The number of carbonyl (C=O) groups is 2. The lowest BCUT2D eigenvalue weighted by atomic mass is 10.0. The molecule has 0 saturated heterocycles. The molecule has 26 heavy (non-hydrogen) atoms. The molecule has 0 saturated carbocycles. The smallest absolute Gasteiger partial charge is 0.254 e. The maximum absolute atomic E-state index is 12.8. The van der Waals surface area contributed by atoms with Crippen LogP contribution in [0.3, 0.4) is 0 Å². The summed E-state index contributed by atoms with van der Waals surface area (Å²) in [5.74, 6) is -0.406. The molecule has 0 fully saturated rings. The Bertz CT molecular complexity index is 979. The Balaban J connectivity index is 1.73. The number of fused-ring (bicyclic) bond motifs is 1. The number of rotatable bonds is 4. The fraction of sp³-hybridized carbons (Fsp3) is 0.143. The molecule has 0 aliphatic carbocycles. The Labute approximate surface area is 160 Å². The first-order valence-corrected chi connectivity index (χ1v) is 9.04. The van der Waals surface area contributed by atoms with Crippen molar-refractivity contribution < 1.29 is 9.59 Å². The molecule has 3 aromatic carbocycles. The number of aryl methyl sites for hydroxylation is 1. The van der Waals surface area contributed by atoms with Crippen molar-refractivity contribution in [1.82, 2.24) is 4.90 Å². The molecule has 0 bridgehead atoms. The highest BCUT2D eigenvalue weighted by atomic mass is 79.9. The molecule has 0 aliphatic rings. The minimum atomic E-state index is -0.230. The molecule has 0 atom stereocenters. The van der Waals surface area contributed by atoms with Crippen LogP contribution in [0.25, 0.3) is 10.8 Å². The number of hydrogen-bond acceptors (Lipinski definition) is 2. The number of amides is 2. The third-order valence-electron chi connectivity index (χ3n) is 4.21. The van der Waals surface area contributed by atoms with Crippen LogP contribution in [-0.4, -0.2) is 30.3 Å². The topological polar surface area (TPSA) is 49.4 Å². The monoisotopic (exact) mass is 410 g/mol. The lowest BCUT2D eigenvalue weighted by Crippen LogP contribution is -2.35. The van der Waals surface area contributed by atoms with Gasteiger partial charge in [0.1, 0.15) is 0 Å². The van der Waals surface area contributed by atoms with E-state index >= 15 is 0 Å². The van der Waals surface area contributed by atoms with Gasteiger partial charge in [-0.3, -0.25) is 9.59 Å². The van der Waals surface area contributed by atoms with Crippen molar-refractivity contribution >= 4 is 44.2 Å². The summed E-state index contributed by atoms with van der Waals surface area (Å²) in [6.45, 7) is 1.91. The van der Waals surface area contributed by atoms with E-state index < -0.39 is 0 Å². The lowest BCUT2D eigenvalue weighted by Gasteiger charge is -2.18. The maximum atomic E-state index is 12.8. The zero-order chi connectivity index (χ0) is 18.7. The van der Waals surface area contributed by atoms with Gasteiger partial charge < -0.3 is 10.2 Å². The van der Waals surface area contributed by atoms with Gasteiger partial charge in [0, 0.05) is 22.8 Å². The molecule has 5 heteroatoms. The van der Waals surface area contributed by atoms with Crippen LogP contribution in [-0.2, 0) is 4.79 Å². The Kier molecular flexibility index (Phi) is 5.38. The maximum Gasteiger partial charge on any atom is 0.254 e. The van der Waals surface area contributed by atoms with Gasteiger partial charge in [0.05, 0.1) is 6.54 Å². The number of carbonyl (C=O) groups excluding carboxylic acids is 2. The van der Waals surface area contributed by atoms with Crippen molar-refractivity contribution in [2.24, 2.45) is 0 Å². The van der Waals surface area contributed by atoms with E-state index in [0.29, 0.717) is 5.56 Å². The Hall–Kier alpha value is -2.66. The van der Waals surface area contributed by atoms with Crippen LogP contribution in [0.5, 0.6) is 0 Å². The van der Waals surface area contributed by atoms with Gasteiger partial charge >= 0.3 is 0 Å². The predicted octanol–water partition coefficient (Wildman–Crippen LogP) is 4.62. The Morgan fingerprint density at radius 1 is 1.04 bits per heavy atom. The number of nitrogens with zero attached hydrogens (tertiary/aromatic N) is 1. The molecule has 0 radical (unpaired) electrons. The molecule has 0 heterocycles.